The Bertz CT molecular complexity index is 442. The summed E-state index contributed by atoms with van der Waals surface area (Å²) in [5.74, 6) is -0.613. The van der Waals surface area contributed by atoms with Gasteiger partial charge < -0.3 is 10.4 Å². The second-order valence-corrected chi connectivity index (χ2v) is 5.33. The standard InChI is InChI=1S/C15H20FNO2/c16-13-7-3-2-6-12(13)10-14(18)17-11-15(19)8-4-1-5-9-15/h2-3,6-7,19H,1,4-5,8-11H2,(H,17,18). The van der Waals surface area contributed by atoms with Crippen molar-refractivity contribution in [2.75, 3.05) is 6.54 Å². The third-order valence-electron chi connectivity index (χ3n) is 3.71. The molecule has 2 N–H and O–H groups in total. The van der Waals surface area contributed by atoms with E-state index in [1.807, 2.05) is 0 Å². The van der Waals surface area contributed by atoms with Crippen molar-refractivity contribution in [1.29, 1.82) is 0 Å². The number of rotatable bonds is 4. The number of amides is 1. The molecule has 1 saturated carbocycles. The summed E-state index contributed by atoms with van der Waals surface area (Å²) in [6, 6.07) is 6.25. The van der Waals surface area contributed by atoms with Gasteiger partial charge in [-0.15, -0.1) is 0 Å². The molecule has 1 aromatic carbocycles. The number of halogens is 1. The van der Waals surface area contributed by atoms with Gasteiger partial charge in [0.2, 0.25) is 5.91 Å². The number of hydrogen-bond acceptors (Lipinski definition) is 2. The molecule has 1 amide bonds. The van der Waals surface area contributed by atoms with Crippen molar-refractivity contribution in [2.24, 2.45) is 0 Å². The van der Waals surface area contributed by atoms with Gasteiger partial charge in [0.25, 0.3) is 0 Å². The van der Waals surface area contributed by atoms with Crippen LogP contribution in [0.15, 0.2) is 24.3 Å². The molecule has 0 unspecified atom stereocenters. The summed E-state index contributed by atoms with van der Waals surface area (Å²) < 4.78 is 13.4. The first-order valence-corrected chi connectivity index (χ1v) is 6.82. The van der Waals surface area contributed by atoms with Gasteiger partial charge in [-0.3, -0.25) is 4.79 Å². The minimum atomic E-state index is -0.775. The second kappa shape index (κ2) is 6.15. The van der Waals surface area contributed by atoms with Gasteiger partial charge in [-0.05, 0) is 24.5 Å². The maximum atomic E-state index is 13.4. The molecule has 0 aliphatic heterocycles. The van der Waals surface area contributed by atoms with Crippen molar-refractivity contribution >= 4 is 5.91 Å². The molecule has 4 heteroatoms. The highest BCUT2D eigenvalue weighted by atomic mass is 19.1. The first-order valence-electron chi connectivity index (χ1n) is 6.82. The number of benzene rings is 1. The van der Waals surface area contributed by atoms with Crippen LogP contribution in [0.2, 0.25) is 0 Å². The Morgan fingerprint density at radius 1 is 1.26 bits per heavy atom. The maximum absolute atomic E-state index is 13.4. The van der Waals surface area contributed by atoms with Crippen molar-refractivity contribution in [3.8, 4) is 0 Å². The molecule has 0 bridgehead atoms. The van der Waals surface area contributed by atoms with E-state index in [9.17, 15) is 14.3 Å². The van der Waals surface area contributed by atoms with Gasteiger partial charge in [0.05, 0.1) is 12.0 Å². The van der Waals surface area contributed by atoms with Gasteiger partial charge in [-0.1, -0.05) is 37.5 Å². The lowest BCUT2D eigenvalue weighted by molar-refractivity contribution is -0.122. The molecule has 19 heavy (non-hydrogen) atoms. The van der Waals surface area contributed by atoms with Crippen LogP contribution in [0.3, 0.4) is 0 Å². The maximum Gasteiger partial charge on any atom is 0.224 e. The average Bonchev–Trinajstić information content (AvgIpc) is 2.40. The fraction of sp³-hybridized carbons (Fsp3) is 0.533. The van der Waals surface area contributed by atoms with Crippen LogP contribution < -0.4 is 5.32 Å². The van der Waals surface area contributed by atoms with Gasteiger partial charge >= 0.3 is 0 Å². The molecule has 0 saturated heterocycles. The van der Waals surface area contributed by atoms with Crippen LogP contribution >= 0.6 is 0 Å². The Morgan fingerprint density at radius 3 is 2.63 bits per heavy atom. The van der Waals surface area contributed by atoms with Gasteiger partial charge in [-0.25, -0.2) is 4.39 Å². The molecule has 1 aliphatic carbocycles. The van der Waals surface area contributed by atoms with Gasteiger partial charge in [0.15, 0.2) is 0 Å². The fourth-order valence-electron chi connectivity index (χ4n) is 2.53. The van der Waals surface area contributed by atoms with E-state index in [1.165, 1.54) is 6.07 Å². The van der Waals surface area contributed by atoms with Crippen molar-refractivity contribution in [2.45, 2.75) is 44.1 Å². The Kier molecular flexibility index (Phi) is 4.53. The van der Waals surface area contributed by atoms with Gasteiger partial charge in [0.1, 0.15) is 5.82 Å². The molecule has 3 nitrogen and oxygen atoms in total. The summed E-state index contributed by atoms with van der Waals surface area (Å²) in [5.41, 5.74) is -0.390. The highest BCUT2D eigenvalue weighted by molar-refractivity contribution is 5.78. The first-order chi connectivity index (χ1) is 9.09. The fourth-order valence-corrected chi connectivity index (χ4v) is 2.53. The quantitative estimate of drug-likeness (QED) is 0.876. The summed E-state index contributed by atoms with van der Waals surface area (Å²) >= 11 is 0. The molecule has 1 aromatic rings. The normalized spacial score (nSPS) is 18.0. The predicted octanol–water partition coefficient (Wildman–Crippen LogP) is 2.18. The Hall–Kier alpha value is -1.42. The highest BCUT2D eigenvalue weighted by Crippen LogP contribution is 2.27. The van der Waals surface area contributed by atoms with Crippen molar-refractivity contribution in [3.63, 3.8) is 0 Å². The van der Waals surface area contributed by atoms with E-state index in [1.54, 1.807) is 18.2 Å². The molecule has 0 atom stereocenters. The molecule has 104 valence electrons. The zero-order valence-electron chi connectivity index (χ0n) is 11.0. The summed E-state index contributed by atoms with van der Waals surface area (Å²) in [5, 5.41) is 13.0. The third-order valence-corrected chi connectivity index (χ3v) is 3.71. The smallest absolute Gasteiger partial charge is 0.224 e. The van der Waals surface area contributed by atoms with Crippen LogP contribution in [-0.2, 0) is 11.2 Å². The average molecular weight is 265 g/mol. The monoisotopic (exact) mass is 265 g/mol. The van der Waals surface area contributed by atoms with E-state index >= 15 is 0 Å². The van der Waals surface area contributed by atoms with E-state index in [2.05, 4.69) is 5.32 Å². The lowest BCUT2D eigenvalue weighted by Crippen LogP contribution is -2.44. The third kappa shape index (κ3) is 4.03. The van der Waals surface area contributed by atoms with Crippen LogP contribution in [-0.4, -0.2) is 23.2 Å². The van der Waals surface area contributed by atoms with Gasteiger partial charge in [-0.2, -0.15) is 0 Å². The number of hydrogen-bond donors (Lipinski definition) is 2. The summed E-state index contributed by atoms with van der Waals surface area (Å²) in [6.07, 6.45) is 4.62. The number of carbonyl (C=O) groups excluding carboxylic acids is 1. The van der Waals surface area contributed by atoms with E-state index in [0.717, 1.165) is 32.1 Å². The lowest BCUT2D eigenvalue weighted by atomic mass is 9.85. The van der Waals surface area contributed by atoms with E-state index in [4.69, 9.17) is 0 Å². The zero-order valence-corrected chi connectivity index (χ0v) is 11.0. The molecule has 0 spiro atoms. The van der Waals surface area contributed by atoms with Crippen LogP contribution in [0.25, 0.3) is 0 Å². The highest BCUT2D eigenvalue weighted by Gasteiger charge is 2.29. The molecule has 2 rings (SSSR count). The molecule has 0 radical (unpaired) electrons. The predicted molar refractivity (Wildman–Crippen MR) is 71.1 cm³/mol. The minimum Gasteiger partial charge on any atom is -0.388 e. The lowest BCUT2D eigenvalue weighted by Gasteiger charge is -2.32. The van der Waals surface area contributed by atoms with Gasteiger partial charge in [0, 0.05) is 6.54 Å². The number of nitrogens with one attached hydrogen (secondary N) is 1. The Labute approximate surface area is 112 Å². The SMILES string of the molecule is O=C(Cc1ccccc1F)NCC1(O)CCCCC1. The van der Waals surface area contributed by atoms with E-state index < -0.39 is 5.60 Å². The van der Waals surface area contributed by atoms with E-state index in [0.29, 0.717) is 5.56 Å². The second-order valence-electron chi connectivity index (χ2n) is 5.33. The Balaban J connectivity index is 1.83. The van der Waals surface area contributed by atoms with Crippen LogP contribution in [0, 0.1) is 5.82 Å². The van der Waals surface area contributed by atoms with Crippen molar-refractivity contribution in [3.05, 3.63) is 35.6 Å². The van der Waals surface area contributed by atoms with Crippen LogP contribution in [0.5, 0.6) is 0 Å². The molecule has 1 aliphatic rings. The summed E-state index contributed by atoms with van der Waals surface area (Å²) in [4.78, 5) is 11.8. The largest absolute Gasteiger partial charge is 0.388 e. The van der Waals surface area contributed by atoms with Crippen LogP contribution in [0.1, 0.15) is 37.7 Å². The van der Waals surface area contributed by atoms with Crippen LogP contribution in [0.4, 0.5) is 4.39 Å². The zero-order chi connectivity index (χ0) is 13.7. The molecule has 0 aromatic heterocycles. The first kappa shape index (κ1) is 14.0. The van der Waals surface area contributed by atoms with Crippen molar-refractivity contribution in [1.82, 2.24) is 5.32 Å². The molecule has 0 heterocycles. The topological polar surface area (TPSA) is 49.3 Å². The number of aliphatic hydroxyl groups is 1. The minimum absolute atomic E-state index is 0.0166. The molecular weight excluding hydrogens is 245 g/mol. The summed E-state index contributed by atoms with van der Waals surface area (Å²) in [6.45, 7) is 0.264. The molecular formula is C15H20FNO2. The molecule has 1 fully saturated rings. The number of carbonyl (C=O) groups is 1. The van der Waals surface area contributed by atoms with E-state index in [-0.39, 0.29) is 24.7 Å². The summed E-state index contributed by atoms with van der Waals surface area (Å²) in [7, 11) is 0. The Morgan fingerprint density at radius 2 is 1.95 bits per heavy atom. The van der Waals surface area contributed by atoms with Crippen molar-refractivity contribution < 1.29 is 14.3 Å².